The molecule has 0 amide bonds. The van der Waals surface area contributed by atoms with E-state index in [1.165, 1.54) is 0 Å². The largest absolute Gasteiger partial charge is 0.388 e. The number of nitrogens with two attached hydrogens (primary N) is 2. The van der Waals surface area contributed by atoms with Gasteiger partial charge in [-0.25, -0.2) is 4.63 Å². The Morgan fingerprint density at radius 3 is 2.44 bits per heavy atom. The predicted molar refractivity (Wildman–Crippen MR) is 34.6 cm³/mol. The van der Waals surface area contributed by atoms with Crippen molar-refractivity contribution in [3.8, 4) is 0 Å². The maximum Gasteiger partial charge on any atom is 0.198 e. The molecule has 48 valence electrons. The quantitative estimate of drug-likeness (QED) is 0.506. The summed E-state index contributed by atoms with van der Waals surface area (Å²) in [6.07, 6.45) is 0. The molecule has 0 saturated heterocycles. The highest BCUT2D eigenvalue weighted by Gasteiger charge is 2.06. The zero-order valence-electron chi connectivity index (χ0n) is 4.37. The van der Waals surface area contributed by atoms with Gasteiger partial charge in [0.2, 0.25) is 0 Å². The minimum Gasteiger partial charge on any atom is -0.388 e. The van der Waals surface area contributed by atoms with Gasteiger partial charge in [-0.2, -0.15) is 0 Å². The number of nitrogen functional groups attached to an aromatic ring is 1. The summed E-state index contributed by atoms with van der Waals surface area (Å²) < 4.78 is 4.21. The number of rotatable bonds is 1. The Bertz CT molecular complexity index is 231. The van der Waals surface area contributed by atoms with Crippen LogP contribution in [-0.2, 0) is 0 Å². The molecule has 0 aliphatic heterocycles. The van der Waals surface area contributed by atoms with E-state index in [9.17, 15) is 0 Å². The number of hydrogen-bond donors (Lipinski definition) is 2. The third-order valence-corrected chi connectivity index (χ3v) is 0.941. The van der Waals surface area contributed by atoms with Gasteiger partial charge in [-0.1, -0.05) is 12.2 Å². The molecule has 0 unspecified atom stereocenters. The number of nitrogens with zero attached hydrogens (tertiary/aromatic N) is 2. The maximum atomic E-state index is 5.21. The average molecular weight is 144 g/mol. The monoisotopic (exact) mass is 144 g/mol. The Labute approximate surface area is 56.0 Å². The van der Waals surface area contributed by atoms with Crippen molar-refractivity contribution in [1.82, 2.24) is 10.3 Å². The molecule has 1 heterocycles. The predicted octanol–water partition coefficient (Wildman–Crippen LogP) is -0.714. The van der Waals surface area contributed by atoms with Gasteiger partial charge < -0.3 is 11.5 Å². The summed E-state index contributed by atoms with van der Waals surface area (Å²) in [5.74, 6) is 0.127. The highest BCUT2D eigenvalue weighted by molar-refractivity contribution is 7.80. The molecule has 4 N–H and O–H groups in total. The molecule has 0 bridgehead atoms. The summed E-state index contributed by atoms with van der Waals surface area (Å²) in [4.78, 5) is 0.0914. The van der Waals surface area contributed by atoms with E-state index in [1.807, 2.05) is 0 Å². The van der Waals surface area contributed by atoms with Crippen LogP contribution in [0.4, 0.5) is 5.82 Å². The molecule has 0 aliphatic carbocycles. The van der Waals surface area contributed by atoms with E-state index >= 15 is 0 Å². The molecule has 6 heteroatoms. The van der Waals surface area contributed by atoms with Crippen molar-refractivity contribution in [2.45, 2.75) is 0 Å². The van der Waals surface area contributed by atoms with Gasteiger partial charge in [0.25, 0.3) is 0 Å². The zero-order chi connectivity index (χ0) is 6.85. The second-order valence-electron chi connectivity index (χ2n) is 1.36. The molecule has 9 heavy (non-hydrogen) atoms. The number of aromatic nitrogens is 2. The summed E-state index contributed by atoms with van der Waals surface area (Å²) in [5, 5.41) is 6.60. The van der Waals surface area contributed by atoms with Crippen LogP contribution in [0.25, 0.3) is 0 Å². The Hall–Kier alpha value is -1.17. The Morgan fingerprint density at radius 1 is 1.56 bits per heavy atom. The van der Waals surface area contributed by atoms with E-state index in [-0.39, 0.29) is 16.5 Å². The third-order valence-electron chi connectivity index (χ3n) is 0.747. The first-order valence-electron chi connectivity index (χ1n) is 2.09. The van der Waals surface area contributed by atoms with E-state index in [4.69, 9.17) is 11.5 Å². The minimum absolute atomic E-state index is 0.0914. The molecule has 0 saturated carbocycles. The van der Waals surface area contributed by atoms with Crippen LogP contribution in [0.15, 0.2) is 4.63 Å². The Balaban J connectivity index is 3.08. The molecule has 0 aliphatic rings. The second-order valence-corrected chi connectivity index (χ2v) is 1.80. The van der Waals surface area contributed by atoms with Gasteiger partial charge >= 0.3 is 0 Å². The highest BCUT2D eigenvalue weighted by atomic mass is 32.1. The van der Waals surface area contributed by atoms with Crippen LogP contribution in [0.3, 0.4) is 0 Å². The van der Waals surface area contributed by atoms with Gasteiger partial charge in [0, 0.05) is 0 Å². The zero-order valence-corrected chi connectivity index (χ0v) is 5.18. The van der Waals surface area contributed by atoms with Crippen LogP contribution < -0.4 is 11.5 Å². The third kappa shape index (κ3) is 0.968. The first-order valence-corrected chi connectivity index (χ1v) is 2.50. The molecule has 1 aromatic heterocycles. The molecule has 0 spiro atoms. The first-order chi connectivity index (χ1) is 4.22. The molecule has 0 fully saturated rings. The van der Waals surface area contributed by atoms with Crippen LogP contribution in [-0.4, -0.2) is 15.3 Å². The van der Waals surface area contributed by atoms with E-state index < -0.39 is 0 Å². The molecular formula is C3H4N4OS. The van der Waals surface area contributed by atoms with Crippen molar-refractivity contribution >= 4 is 23.0 Å². The lowest BCUT2D eigenvalue weighted by molar-refractivity contribution is 0.308. The Kier molecular flexibility index (Phi) is 1.31. The molecular weight excluding hydrogens is 140 g/mol. The lowest BCUT2D eigenvalue weighted by Gasteiger charge is -1.85. The molecule has 0 atom stereocenters. The number of thiocarbonyl (C=S) groups is 1. The van der Waals surface area contributed by atoms with Gasteiger partial charge in [-0.3, -0.25) is 0 Å². The normalized spacial score (nSPS) is 9.33. The molecule has 0 radical (unpaired) electrons. The maximum absolute atomic E-state index is 5.21. The first kappa shape index (κ1) is 5.96. The molecule has 1 aromatic rings. The van der Waals surface area contributed by atoms with E-state index in [0.29, 0.717) is 0 Å². The molecule has 5 nitrogen and oxygen atoms in total. The van der Waals surface area contributed by atoms with E-state index in [1.54, 1.807) is 0 Å². The fourth-order valence-electron chi connectivity index (χ4n) is 0.366. The fraction of sp³-hybridized carbons (Fsp3) is 0. The Morgan fingerprint density at radius 2 is 2.22 bits per heavy atom. The molecule has 1 rings (SSSR count). The average Bonchev–Trinajstić information content (AvgIpc) is 2.13. The number of hydrogen-bond acceptors (Lipinski definition) is 5. The summed E-state index contributed by atoms with van der Waals surface area (Å²) in [5.41, 5.74) is 10.6. The molecule has 0 aromatic carbocycles. The topological polar surface area (TPSA) is 91.0 Å². The van der Waals surface area contributed by atoms with E-state index in [2.05, 4.69) is 27.2 Å². The fourth-order valence-corrected chi connectivity index (χ4v) is 0.508. The SMILES string of the molecule is NC(=S)c1nonc1N. The smallest absolute Gasteiger partial charge is 0.198 e. The van der Waals surface area contributed by atoms with Gasteiger partial charge in [-0.05, 0) is 10.3 Å². The second kappa shape index (κ2) is 1.98. The van der Waals surface area contributed by atoms with Gasteiger partial charge in [0.1, 0.15) is 4.99 Å². The van der Waals surface area contributed by atoms with Crippen molar-refractivity contribution < 1.29 is 4.63 Å². The van der Waals surface area contributed by atoms with Crippen LogP contribution in [0.2, 0.25) is 0 Å². The van der Waals surface area contributed by atoms with Crippen molar-refractivity contribution in [2.24, 2.45) is 5.73 Å². The van der Waals surface area contributed by atoms with Gasteiger partial charge in [0.15, 0.2) is 11.5 Å². The van der Waals surface area contributed by atoms with Crippen molar-refractivity contribution in [3.05, 3.63) is 5.69 Å². The van der Waals surface area contributed by atoms with Crippen LogP contribution >= 0.6 is 12.2 Å². The standard InChI is InChI=1S/C3H4N4OS/c4-2-1(3(5)9)6-8-7-2/h(H2,4,7)(H2,5,9). The van der Waals surface area contributed by atoms with Crippen molar-refractivity contribution in [2.75, 3.05) is 5.73 Å². The van der Waals surface area contributed by atoms with Crippen molar-refractivity contribution in [1.29, 1.82) is 0 Å². The lowest BCUT2D eigenvalue weighted by atomic mass is 10.4. The summed E-state index contributed by atoms with van der Waals surface area (Å²) >= 11 is 4.54. The van der Waals surface area contributed by atoms with Crippen LogP contribution in [0.1, 0.15) is 5.69 Å². The summed E-state index contributed by atoms with van der Waals surface area (Å²) in [6.45, 7) is 0. The van der Waals surface area contributed by atoms with E-state index in [0.717, 1.165) is 0 Å². The van der Waals surface area contributed by atoms with Crippen molar-refractivity contribution in [3.63, 3.8) is 0 Å². The summed E-state index contributed by atoms with van der Waals surface area (Å²) in [7, 11) is 0. The van der Waals surface area contributed by atoms with Gasteiger partial charge in [-0.15, -0.1) is 0 Å². The van der Waals surface area contributed by atoms with Crippen LogP contribution in [0.5, 0.6) is 0 Å². The summed E-state index contributed by atoms with van der Waals surface area (Å²) in [6, 6.07) is 0. The lowest BCUT2D eigenvalue weighted by Crippen LogP contribution is -2.11. The highest BCUT2D eigenvalue weighted by Crippen LogP contribution is 2.01. The minimum atomic E-state index is 0.0914. The van der Waals surface area contributed by atoms with Gasteiger partial charge in [0.05, 0.1) is 0 Å². The number of anilines is 1. The van der Waals surface area contributed by atoms with Crippen LogP contribution in [0, 0.1) is 0 Å².